The number of nitro groups is 2. The third-order valence-corrected chi connectivity index (χ3v) is 3.30. The first-order valence-corrected chi connectivity index (χ1v) is 7.27. The number of furan rings is 1. The number of nitrogens with zero attached hydrogens (tertiary/aromatic N) is 4. The van der Waals surface area contributed by atoms with Crippen LogP contribution in [0.3, 0.4) is 0 Å². The number of pyridine rings is 1. The van der Waals surface area contributed by atoms with E-state index in [4.69, 9.17) is 4.42 Å². The molecular weight excluding hydrogens is 342 g/mol. The van der Waals surface area contributed by atoms with Crippen LogP contribution >= 0.6 is 0 Å². The van der Waals surface area contributed by atoms with Crippen molar-refractivity contribution in [3.63, 3.8) is 0 Å². The van der Waals surface area contributed by atoms with Gasteiger partial charge in [0.25, 0.3) is 11.4 Å². The van der Waals surface area contributed by atoms with Gasteiger partial charge in [0, 0.05) is 23.8 Å². The molecule has 2 heterocycles. The number of anilines is 1. The third-order valence-electron chi connectivity index (χ3n) is 3.30. The minimum absolute atomic E-state index is 0.0278. The molecule has 0 radical (unpaired) electrons. The van der Waals surface area contributed by atoms with Crippen molar-refractivity contribution in [3.05, 3.63) is 80.7 Å². The lowest BCUT2D eigenvalue weighted by Gasteiger charge is -1.98. The zero-order valence-corrected chi connectivity index (χ0v) is 13.1. The molecule has 0 amide bonds. The van der Waals surface area contributed by atoms with E-state index in [1.807, 2.05) is 0 Å². The van der Waals surface area contributed by atoms with E-state index in [2.05, 4.69) is 15.5 Å². The Morgan fingerprint density at radius 2 is 1.85 bits per heavy atom. The summed E-state index contributed by atoms with van der Waals surface area (Å²) in [4.78, 5) is 24.2. The van der Waals surface area contributed by atoms with Crippen LogP contribution in [0, 0.1) is 20.2 Å². The first-order valence-electron chi connectivity index (χ1n) is 7.27. The molecule has 0 saturated carbocycles. The van der Waals surface area contributed by atoms with E-state index in [1.165, 1.54) is 30.5 Å². The molecule has 3 rings (SSSR count). The van der Waals surface area contributed by atoms with Crippen LogP contribution in [0.4, 0.5) is 17.2 Å². The van der Waals surface area contributed by atoms with Gasteiger partial charge in [0.1, 0.15) is 23.5 Å². The average molecular weight is 353 g/mol. The van der Waals surface area contributed by atoms with Gasteiger partial charge in [-0.05, 0) is 18.2 Å². The van der Waals surface area contributed by atoms with Crippen molar-refractivity contribution in [2.75, 3.05) is 5.43 Å². The predicted molar refractivity (Wildman–Crippen MR) is 92.9 cm³/mol. The largest absolute Gasteiger partial charge is 0.455 e. The molecule has 3 aromatic rings. The van der Waals surface area contributed by atoms with Crippen LogP contribution in [-0.4, -0.2) is 21.0 Å². The molecule has 0 aliphatic heterocycles. The minimum Gasteiger partial charge on any atom is -0.455 e. The lowest BCUT2D eigenvalue weighted by molar-refractivity contribution is -0.385. The summed E-state index contributed by atoms with van der Waals surface area (Å²) >= 11 is 0. The zero-order valence-electron chi connectivity index (χ0n) is 13.1. The number of benzene rings is 1. The number of hydrazone groups is 1. The van der Waals surface area contributed by atoms with Crippen LogP contribution < -0.4 is 5.43 Å². The van der Waals surface area contributed by atoms with Crippen molar-refractivity contribution in [1.29, 1.82) is 0 Å². The number of nitro benzene ring substituents is 1. The lowest BCUT2D eigenvalue weighted by atomic mass is 10.1. The smallest absolute Gasteiger partial charge is 0.287 e. The van der Waals surface area contributed by atoms with Crippen LogP contribution in [-0.2, 0) is 0 Å². The van der Waals surface area contributed by atoms with E-state index < -0.39 is 9.85 Å². The number of hydrogen-bond acceptors (Lipinski definition) is 8. The summed E-state index contributed by atoms with van der Waals surface area (Å²) in [5, 5.41) is 25.3. The Labute approximate surface area is 146 Å². The maximum Gasteiger partial charge on any atom is 0.287 e. The average Bonchev–Trinajstić information content (AvgIpc) is 3.11. The Kier molecular flexibility index (Phi) is 4.65. The van der Waals surface area contributed by atoms with Crippen molar-refractivity contribution in [2.24, 2.45) is 5.10 Å². The third kappa shape index (κ3) is 3.87. The second-order valence-corrected chi connectivity index (χ2v) is 5.04. The highest BCUT2D eigenvalue weighted by Crippen LogP contribution is 2.25. The number of hydrogen-bond donors (Lipinski definition) is 1. The van der Waals surface area contributed by atoms with Crippen LogP contribution in [0.25, 0.3) is 11.3 Å². The van der Waals surface area contributed by atoms with Crippen molar-refractivity contribution in [1.82, 2.24) is 4.98 Å². The van der Waals surface area contributed by atoms with Crippen molar-refractivity contribution in [2.45, 2.75) is 0 Å². The first kappa shape index (κ1) is 16.8. The van der Waals surface area contributed by atoms with E-state index in [-0.39, 0.29) is 11.4 Å². The molecule has 10 nitrogen and oxygen atoms in total. The minimum atomic E-state index is -0.543. The molecular formula is C16H11N5O5. The fraction of sp³-hybridized carbons (Fsp3) is 0. The van der Waals surface area contributed by atoms with E-state index in [9.17, 15) is 20.2 Å². The summed E-state index contributed by atoms with van der Waals surface area (Å²) in [5.74, 6) is 1.21. The number of aromatic nitrogens is 1. The summed E-state index contributed by atoms with van der Waals surface area (Å²) in [6.07, 6.45) is 2.51. The summed E-state index contributed by atoms with van der Waals surface area (Å²) in [6, 6.07) is 12.1. The van der Waals surface area contributed by atoms with Gasteiger partial charge in [0.2, 0.25) is 0 Å². The summed E-state index contributed by atoms with van der Waals surface area (Å²) in [6.45, 7) is 0. The molecule has 130 valence electrons. The van der Waals surface area contributed by atoms with Crippen molar-refractivity contribution in [3.8, 4) is 11.3 Å². The highest BCUT2D eigenvalue weighted by atomic mass is 16.6. The lowest BCUT2D eigenvalue weighted by Crippen LogP contribution is -1.94. The first-order chi connectivity index (χ1) is 12.5. The predicted octanol–water partition coefficient (Wildman–Crippen LogP) is 3.60. The van der Waals surface area contributed by atoms with E-state index in [0.29, 0.717) is 22.9 Å². The fourth-order valence-electron chi connectivity index (χ4n) is 2.07. The van der Waals surface area contributed by atoms with E-state index in [0.717, 1.165) is 6.20 Å². The van der Waals surface area contributed by atoms with Gasteiger partial charge in [-0.25, -0.2) is 4.98 Å². The van der Waals surface area contributed by atoms with Crippen molar-refractivity contribution >= 4 is 23.4 Å². The summed E-state index contributed by atoms with van der Waals surface area (Å²) < 4.78 is 5.57. The molecule has 0 unspecified atom stereocenters. The molecule has 0 spiro atoms. The maximum absolute atomic E-state index is 10.8. The topological polar surface area (TPSA) is 137 Å². The molecule has 0 fully saturated rings. The number of nitrogens with one attached hydrogen (secondary N) is 1. The molecule has 0 atom stereocenters. The highest BCUT2D eigenvalue weighted by molar-refractivity contribution is 5.78. The van der Waals surface area contributed by atoms with Crippen molar-refractivity contribution < 1.29 is 14.3 Å². The molecule has 10 heteroatoms. The van der Waals surface area contributed by atoms with Gasteiger partial charge in [-0.1, -0.05) is 12.1 Å². The van der Waals surface area contributed by atoms with Gasteiger partial charge in [-0.3, -0.25) is 25.7 Å². The Bertz CT molecular complexity index is 981. The molecule has 0 aliphatic carbocycles. The molecule has 26 heavy (non-hydrogen) atoms. The monoisotopic (exact) mass is 353 g/mol. The second kappa shape index (κ2) is 7.21. The van der Waals surface area contributed by atoms with E-state index >= 15 is 0 Å². The quantitative estimate of drug-likeness (QED) is 0.406. The SMILES string of the molecule is O=[N+]([O-])c1ccc(N/N=C/c2ccc(-c3cccc([N+](=O)[O-])c3)o2)nc1. The van der Waals surface area contributed by atoms with Gasteiger partial charge in [0.15, 0.2) is 0 Å². The van der Waals surface area contributed by atoms with Gasteiger partial charge in [0.05, 0.1) is 16.1 Å². The van der Waals surface area contributed by atoms with Gasteiger partial charge < -0.3 is 4.42 Å². The Balaban J connectivity index is 1.68. The zero-order chi connectivity index (χ0) is 18.5. The highest BCUT2D eigenvalue weighted by Gasteiger charge is 2.10. The van der Waals surface area contributed by atoms with Gasteiger partial charge in [-0.15, -0.1) is 0 Å². The fourth-order valence-corrected chi connectivity index (χ4v) is 2.07. The standard InChI is InChI=1S/C16H11N5O5/c22-20(23)12-3-1-2-11(8-12)15-6-5-14(26-15)10-18-19-16-7-4-13(9-17-16)21(24)25/h1-10H,(H,17,19)/b18-10+. The molecule has 0 saturated heterocycles. The Morgan fingerprint density at radius 3 is 2.54 bits per heavy atom. The molecule has 2 aromatic heterocycles. The Morgan fingerprint density at radius 1 is 1.04 bits per heavy atom. The van der Waals surface area contributed by atoms with Gasteiger partial charge in [-0.2, -0.15) is 5.10 Å². The van der Waals surface area contributed by atoms with E-state index in [1.54, 1.807) is 24.3 Å². The molecule has 0 bridgehead atoms. The van der Waals surface area contributed by atoms with Crippen LogP contribution in [0.1, 0.15) is 5.76 Å². The summed E-state index contributed by atoms with van der Waals surface area (Å²) in [7, 11) is 0. The molecule has 1 aromatic carbocycles. The normalized spacial score (nSPS) is 10.8. The Hall–Kier alpha value is -4.08. The molecule has 1 N–H and O–H groups in total. The second-order valence-electron chi connectivity index (χ2n) is 5.04. The van der Waals surface area contributed by atoms with Crippen LogP contribution in [0.15, 0.2) is 64.2 Å². The maximum atomic E-state index is 10.8. The molecule has 0 aliphatic rings. The number of non-ortho nitro benzene ring substituents is 1. The van der Waals surface area contributed by atoms with Crippen LogP contribution in [0.5, 0.6) is 0 Å². The number of rotatable bonds is 6. The van der Waals surface area contributed by atoms with Gasteiger partial charge >= 0.3 is 0 Å². The van der Waals surface area contributed by atoms with Crippen LogP contribution in [0.2, 0.25) is 0 Å². The summed E-state index contributed by atoms with van der Waals surface area (Å²) in [5.41, 5.74) is 3.05.